The summed E-state index contributed by atoms with van der Waals surface area (Å²) in [6.45, 7) is 9.42. The Labute approximate surface area is 109 Å². The molecular formula is C13H20N2O2S. The van der Waals surface area contributed by atoms with Gasteiger partial charge in [-0.2, -0.15) is 4.31 Å². The molecule has 1 aromatic rings. The third-order valence-electron chi connectivity index (χ3n) is 2.49. The number of hydrogen-bond acceptors (Lipinski definition) is 3. The van der Waals surface area contributed by atoms with E-state index in [0.29, 0.717) is 5.69 Å². The highest BCUT2D eigenvalue weighted by molar-refractivity contribution is 7.89. The summed E-state index contributed by atoms with van der Waals surface area (Å²) in [5.41, 5.74) is 5.55. The molecule has 0 heterocycles. The predicted octanol–water partition coefficient (Wildman–Crippen LogP) is 2.24. The fraction of sp³-hybridized carbons (Fsp3) is 0.385. The minimum absolute atomic E-state index is 0.208. The molecule has 0 spiro atoms. The van der Waals surface area contributed by atoms with Crippen LogP contribution < -0.4 is 5.73 Å². The van der Waals surface area contributed by atoms with Gasteiger partial charge in [-0.05, 0) is 39.0 Å². The molecule has 5 heteroatoms. The summed E-state index contributed by atoms with van der Waals surface area (Å²) in [5, 5.41) is 0. The summed E-state index contributed by atoms with van der Waals surface area (Å²) in [4.78, 5) is 0.208. The van der Waals surface area contributed by atoms with Gasteiger partial charge in [0.05, 0.1) is 4.90 Å². The molecule has 0 radical (unpaired) electrons. The number of nitrogens with zero attached hydrogens (tertiary/aromatic N) is 1. The minimum Gasteiger partial charge on any atom is -0.399 e. The van der Waals surface area contributed by atoms with Crippen molar-refractivity contribution in [2.45, 2.75) is 31.2 Å². The van der Waals surface area contributed by atoms with E-state index in [9.17, 15) is 8.42 Å². The molecule has 0 unspecified atom stereocenters. The van der Waals surface area contributed by atoms with Crippen molar-refractivity contribution >= 4 is 15.7 Å². The highest BCUT2D eigenvalue weighted by Crippen LogP contribution is 2.25. The van der Waals surface area contributed by atoms with E-state index < -0.39 is 15.6 Å². The molecule has 1 aromatic carbocycles. The fourth-order valence-electron chi connectivity index (χ4n) is 1.65. The minimum atomic E-state index is -3.56. The Hall–Kier alpha value is -1.33. The first-order valence-electron chi connectivity index (χ1n) is 5.69. The van der Waals surface area contributed by atoms with Crippen molar-refractivity contribution in [1.29, 1.82) is 0 Å². The maximum absolute atomic E-state index is 12.5. The fourth-order valence-corrected chi connectivity index (χ4v) is 3.46. The molecule has 2 N–H and O–H groups in total. The Morgan fingerprint density at radius 2 is 2.00 bits per heavy atom. The second kappa shape index (κ2) is 5.12. The van der Waals surface area contributed by atoms with Gasteiger partial charge in [0.15, 0.2) is 0 Å². The van der Waals surface area contributed by atoms with Crippen molar-refractivity contribution in [2.24, 2.45) is 0 Å². The highest BCUT2D eigenvalue weighted by atomic mass is 32.2. The van der Waals surface area contributed by atoms with Crippen molar-refractivity contribution in [2.75, 3.05) is 12.3 Å². The van der Waals surface area contributed by atoms with Crippen molar-refractivity contribution in [3.05, 3.63) is 36.9 Å². The number of sulfonamides is 1. The Bertz CT molecular complexity index is 530. The second-order valence-corrected chi connectivity index (χ2v) is 6.93. The lowest BCUT2D eigenvalue weighted by Crippen LogP contribution is -2.45. The van der Waals surface area contributed by atoms with Crippen molar-refractivity contribution in [3.63, 3.8) is 0 Å². The monoisotopic (exact) mass is 268 g/mol. The van der Waals surface area contributed by atoms with E-state index in [1.54, 1.807) is 24.3 Å². The van der Waals surface area contributed by atoms with Crippen molar-refractivity contribution < 1.29 is 8.42 Å². The van der Waals surface area contributed by atoms with Crippen LogP contribution >= 0.6 is 0 Å². The Morgan fingerprint density at radius 3 is 2.44 bits per heavy atom. The third kappa shape index (κ3) is 3.11. The van der Waals surface area contributed by atoms with Crippen LogP contribution in [0.15, 0.2) is 41.8 Å². The molecule has 0 atom stereocenters. The van der Waals surface area contributed by atoms with Gasteiger partial charge in [-0.1, -0.05) is 12.1 Å². The number of anilines is 1. The smallest absolute Gasteiger partial charge is 0.243 e. The van der Waals surface area contributed by atoms with E-state index in [-0.39, 0.29) is 11.4 Å². The van der Waals surface area contributed by atoms with Gasteiger partial charge in [-0.15, -0.1) is 6.58 Å². The van der Waals surface area contributed by atoms with Gasteiger partial charge in [0.25, 0.3) is 0 Å². The number of nitrogen functional groups attached to an aromatic ring is 1. The molecular weight excluding hydrogens is 248 g/mol. The van der Waals surface area contributed by atoms with Crippen LogP contribution in [0.1, 0.15) is 20.8 Å². The maximum atomic E-state index is 12.5. The summed E-state index contributed by atoms with van der Waals surface area (Å²) >= 11 is 0. The first-order valence-corrected chi connectivity index (χ1v) is 7.13. The van der Waals surface area contributed by atoms with Crippen LogP contribution in [0.25, 0.3) is 0 Å². The molecule has 0 aliphatic rings. The lowest BCUT2D eigenvalue weighted by atomic mass is 10.1. The standard InChI is InChI=1S/C13H20N2O2S/c1-5-9-15(13(2,3)4)18(16,17)12-8-6-7-11(14)10-12/h5-8,10H,1,9,14H2,2-4H3. The topological polar surface area (TPSA) is 63.4 Å². The van der Waals surface area contributed by atoms with Gasteiger partial charge in [-0.25, -0.2) is 8.42 Å². The highest BCUT2D eigenvalue weighted by Gasteiger charge is 2.32. The molecule has 1 rings (SSSR count). The van der Waals surface area contributed by atoms with E-state index in [2.05, 4.69) is 6.58 Å². The predicted molar refractivity (Wildman–Crippen MR) is 74.7 cm³/mol. The van der Waals surface area contributed by atoms with Crippen LogP contribution in [-0.2, 0) is 10.0 Å². The summed E-state index contributed by atoms with van der Waals surface area (Å²) in [7, 11) is -3.56. The quantitative estimate of drug-likeness (QED) is 0.673. The van der Waals surface area contributed by atoms with Crippen molar-refractivity contribution in [1.82, 2.24) is 4.31 Å². The SMILES string of the molecule is C=CCN(C(C)(C)C)S(=O)(=O)c1cccc(N)c1. The molecule has 0 amide bonds. The van der Waals surface area contributed by atoms with Crippen LogP contribution in [0.5, 0.6) is 0 Å². The number of rotatable bonds is 4. The number of nitrogens with two attached hydrogens (primary N) is 1. The van der Waals surface area contributed by atoms with E-state index >= 15 is 0 Å². The average Bonchev–Trinajstić information content (AvgIpc) is 2.24. The largest absolute Gasteiger partial charge is 0.399 e. The molecule has 4 nitrogen and oxygen atoms in total. The average molecular weight is 268 g/mol. The molecule has 0 aliphatic carbocycles. The van der Waals surface area contributed by atoms with Gasteiger partial charge >= 0.3 is 0 Å². The van der Waals surface area contributed by atoms with Crippen LogP contribution in [-0.4, -0.2) is 24.8 Å². The van der Waals surface area contributed by atoms with E-state index in [1.165, 1.54) is 10.4 Å². The van der Waals surface area contributed by atoms with Gasteiger partial charge in [-0.3, -0.25) is 0 Å². The summed E-state index contributed by atoms with van der Waals surface area (Å²) < 4.78 is 26.5. The normalized spacial score (nSPS) is 12.7. The van der Waals surface area contributed by atoms with Gasteiger partial charge in [0.1, 0.15) is 0 Å². The number of hydrogen-bond donors (Lipinski definition) is 1. The van der Waals surface area contributed by atoms with Gasteiger partial charge < -0.3 is 5.73 Å². The van der Waals surface area contributed by atoms with Crippen LogP contribution in [0, 0.1) is 0 Å². The first kappa shape index (κ1) is 14.7. The lowest BCUT2D eigenvalue weighted by molar-refractivity contribution is 0.270. The third-order valence-corrected chi connectivity index (χ3v) is 4.62. The number of benzene rings is 1. The molecule has 0 aromatic heterocycles. The maximum Gasteiger partial charge on any atom is 0.243 e. The second-order valence-electron chi connectivity index (χ2n) is 5.07. The van der Waals surface area contributed by atoms with E-state index in [1.807, 2.05) is 20.8 Å². The van der Waals surface area contributed by atoms with E-state index in [0.717, 1.165) is 0 Å². The summed E-state index contributed by atoms with van der Waals surface area (Å²) in [5.74, 6) is 0. The van der Waals surface area contributed by atoms with Crippen molar-refractivity contribution in [3.8, 4) is 0 Å². The van der Waals surface area contributed by atoms with Crippen LogP contribution in [0.2, 0.25) is 0 Å². The molecule has 100 valence electrons. The molecule has 18 heavy (non-hydrogen) atoms. The molecule has 0 saturated carbocycles. The van der Waals surface area contributed by atoms with Gasteiger partial charge in [0, 0.05) is 17.8 Å². The summed E-state index contributed by atoms with van der Waals surface area (Å²) in [6.07, 6.45) is 1.58. The molecule has 0 bridgehead atoms. The molecule has 0 aliphatic heterocycles. The molecule has 0 saturated heterocycles. The zero-order valence-corrected chi connectivity index (χ0v) is 11.9. The lowest BCUT2D eigenvalue weighted by Gasteiger charge is -2.33. The Balaban J connectivity index is 3.30. The first-order chi connectivity index (χ1) is 8.19. The van der Waals surface area contributed by atoms with Crippen LogP contribution in [0.4, 0.5) is 5.69 Å². The molecule has 0 fully saturated rings. The Morgan fingerprint density at radius 1 is 1.39 bits per heavy atom. The van der Waals surface area contributed by atoms with E-state index in [4.69, 9.17) is 5.73 Å². The van der Waals surface area contributed by atoms with Gasteiger partial charge in [0.2, 0.25) is 10.0 Å². The summed E-state index contributed by atoms with van der Waals surface area (Å²) in [6, 6.07) is 6.32. The Kier molecular flexibility index (Phi) is 4.19. The van der Waals surface area contributed by atoms with Crippen LogP contribution in [0.3, 0.4) is 0 Å². The zero-order chi connectivity index (χ0) is 14.0. The zero-order valence-electron chi connectivity index (χ0n) is 11.1.